The molecule has 0 aliphatic carbocycles. The average Bonchev–Trinajstić information content (AvgIpc) is 2.65. The number of rotatable bonds is 8. The van der Waals surface area contributed by atoms with Crippen molar-refractivity contribution in [3.63, 3.8) is 0 Å². The van der Waals surface area contributed by atoms with Gasteiger partial charge in [-0.2, -0.15) is 11.8 Å². The summed E-state index contributed by atoms with van der Waals surface area (Å²) < 4.78 is 16.5. The van der Waals surface area contributed by atoms with Gasteiger partial charge in [-0.25, -0.2) is 0 Å². The van der Waals surface area contributed by atoms with Crippen LogP contribution in [0.3, 0.4) is 0 Å². The van der Waals surface area contributed by atoms with Gasteiger partial charge >= 0.3 is 0 Å². The lowest BCUT2D eigenvalue weighted by Crippen LogP contribution is -2.20. The molecule has 1 saturated heterocycles. The van der Waals surface area contributed by atoms with E-state index in [0.717, 1.165) is 32.0 Å². The third-order valence-electron chi connectivity index (χ3n) is 2.70. The largest absolute Gasteiger partial charge is 0.377 e. The Kier molecular flexibility index (Phi) is 7.45. The molecule has 4 heteroatoms. The highest BCUT2D eigenvalue weighted by molar-refractivity contribution is 7.99. The average molecular weight is 248 g/mol. The van der Waals surface area contributed by atoms with Gasteiger partial charge in [-0.3, -0.25) is 0 Å². The fourth-order valence-corrected chi connectivity index (χ4v) is 3.08. The zero-order chi connectivity index (χ0) is 11.8. The molecule has 0 aromatic carbocycles. The molecule has 1 heterocycles. The molecule has 0 N–H and O–H groups in total. The summed E-state index contributed by atoms with van der Waals surface area (Å²) in [6, 6.07) is 0. The maximum Gasteiger partial charge on any atom is 0.158 e. The van der Waals surface area contributed by atoms with E-state index >= 15 is 0 Å². The molecular formula is C12H24O3S. The van der Waals surface area contributed by atoms with Crippen LogP contribution < -0.4 is 0 Å². The minimum absolute atomic E-state index is 0.0277. The second-order valence-corrected chi connectivity index (χ2v) is 5.25. The summed E-state index contributed by atoms with van der Waals surface area (Å²) in [5.41, 5.74) is 0. The summed E-state index contributed by atoms with van der Waals surface area (Å²) in [6.45, 7) is 8.53. The summed E-state index contributed by atoms with van der Waals surface area (Å²) >= 11 is 1.99. The lowest BCUT2D eigenvalue weighted by atomic mass is 10.3. The fourth-order valence-electron chi connectivity index (χ4n) is 1.83. The summed E-state index contributed by atoms with van der Waals surface area (Å²) in [6.07, 6.45) is 2.53. The number of hydrogen-bond donors (Lipinski definition) is 0. The van der Waals surface area contributed by atoms with Crippen molar-refractivity contribution in [1.82, 2.24) is 0 Å². The smallest absolute Gasteiger partial charge is 0.158 e. The Morgan fingerprint density at radius 1 is 1.31 bits per heavy atom. The van der Waals surface area contributed by atoms with Crippen LogP contribution in [0.5, 0.6) is 0 Å². The molecule has 0 aromatic rings. The Morgan fingerprint density at radius 3 is 2.50 bits per heavy atom. The normalized spacial score (nSPS) is 25.5. The Balaban J connectivity index is 2.11. The Bertz CT molecular complexity index is 172. The van der Waals surface area contributed by atoms with Gasteiger partial charge in [0.2, 0.25) is 0 Å². The second-order valence-electron chi connectivity index (χ2n) is 3.90. The first kappa shape index (κ1) is 14.3. The molecule has 96 valence electrons. The Labute approximate surface area is 103 Å². The Morgan fingerprint density at radius 2 is 2.00 bits per heavy atom. The molecule has 1 aliphatic rings. The molecule has 0 bridgehead atoms. The molecule has 0 amide bonds. The Hall–Kier alpha value is 0.230. The van der Waals surface area contributed by atoms with Crippen molar-refractivity contribution in [2.45, 2.75) is 51.3 Å². The van der Waals surface area contributed by atoms with Crippen LogP contribution in [0.4, 0.5) is 0 Å². The zero-order valence-electron chi connectivity index (χ0n) is 10.6. The molecule has 1 rings (SSSR count). The molecule has 0 aromatic heterocycles. The van der Waals surface area contributed by atoms with Gasteiger partial charge in [-0.15, -0.1) is 0 Å². The monoisotopic (exact) mass is 248 g/mol. The molecule has 1 fully saturated rings. The molecule has 0 saturated carbocycles. The van der Waals surface area contributed by atoms with Crippen molar-refractivity contribution in [1.29, 1.82) is 0 Å². The van der Waals surface area contributed by atoms with Crippen LogP contribution in [0, 0.1) is 0 Å². The standard InChI is InChI=1S/C12H24O3S/c1-4-13-12(14-5-2)7-9-16-11-6-8-15-10(11)3/h10-12H,4-9H2,1-3H3. The van der Waals surface area contributed by atoms with E-state index in [1.54, 1.807) is 0 Å². The molecule has 16 heavy (non-hydrogen) atoms. The van der Waals surface area contributed by atoms with Gasteiger partial charge in [0, 0.05) is 31.5 Å². The van der Waals surface area contributed by atoms with Crippen LogP contribution in [0.15, 0.2) is 0 Å². The van der Waals surface area contributed by atoms with Gasteiger partial charge in [0.25, 0.3) is 0 Å². The van der Waals surface area contributed by atoms with Gasteiger partial charge < -0.3 is 14.2 Å². The third-order valence-corrected chi connectivity index (χ3v) is 4.22. The van der Waals surface area contributed by atoms with E-state index in [0.29, 0.717) is 11.4 Å². The lowest BCUT2D eigenvalue weighted by molar-refractivity contribution is -0.136. The van der Waals surface area contributed by atoms with Crippen LogP contribution in [0.1, 0.15) is 33.6 Å². The summed E-state index contributed by atoms with van der Waals surface area (Å²) in [7, 11) is 0. The number of hydrogen-bond acceptors (Lipinski definition) is 4. The van der Waals surface area contributed by atoms with E-state index < -0.39 is 0 Å². The summed E-state index contributed by atoms with van der Waals surface area (Å²) in [4.78, 5) is 0. The molecule has 1 aliphatic heterocycles. The SMILES string of the molecule is CCOC(CCSC1CCOC1C)OCC. The molecule has 0 radical (unpaired) electrons. The van der Waals surface area contributed by atoms with E-state index in [4.69, 9.17) is 14.2 Å². The van der Waals surface area contributed by atoms with Crippen molar-refractivity contribution in [3.8, 4) is 0 Å². The van der Waals surface area contributed by atoms with Crippen molar-refractivity contribution in [2.75, 3.05) is 25.6 Å². The van der Waals surface area contributed by atoms with Gasteiger partial charge in [-0.1, -0.05) is 0 Å². The van der Waals surface area contributed by atoms with Crippen LogP contribution in [-0.4, -0.2) is 43.2 Å². The van der Waals surface area contributed by atoms with Crippen LogP contribution in [0.2, 0.25) is 0 Å². The van der Waals surface area contributed by atoms with Crippen molar-refractivity contribution >= 4 is 11.8 Å². The molecule has 3 nitrogen and oxygen atoms in total. The van der Waals surface area contributed by atoms with Gasteiger partial charge in [-0.05, 0) is 32.9 Å². The molecular weight excluding hydrogens is 224 g/mol. The van der Waals surface area contributed by atoms with Gasteiger partial charge in [0.15, 0.2) is 6.29 Å². The minimum Gasteiger partial charge on any atom is -0.377 e. The summed E-state index contributed by atoms with van der Waals surface area (Å²) in [5, 5.41) is 0.656. The van der Waals surface area contributed by atoms with Crippen molar-refractivity contribution in [2.24, 2.45) is 0 Å². The van der Waals surface area contributed by atoms with Crippen molar-refractivity contribution < 1.29 is 14.2 Å². The fraction of sp³-hybridized carbons (Fsp3) is 1.00. The van der Waals surface area contributed by atoms with E-state index in [-0.39, 0.29) is 6.29 Å². The van der Waals surface area contributed by atoms with E-state index in [1.165, 1.54) is 6.42 Å². The van der Waals surface area contributed by atoms with Gasteiger partial charge in [0.1, 0.15) is 0 Å². The van der Waals surface area contributed by atoms with E-state index in [2.05, 4.69) is 6.92 Å². The van der Waals surface area contributed by atoms with E-state index in [1.807, 2.05) is 25.6 Å². The first-order valence-corrected chi connectivity index (χ1v) is 7.29. The second kappa shape index (κ2) is 8.34. The highest BCUT2D eigenvalue weighted by Gasteiger charge is 2.24. The number of thioether (sulfide) groups is 1. The molecule has 2 atom stereocenters. The van der Waals surface area contributed by atoms with Crippen LogP contribution in [0.25, 0.3) is 0 Å². The maximum absolute atomic E-state index is 5.53. The minimum atomic E-state index is -0.0277. The zero-order valence-corrected chi connectivity index (χ0v) is 11.4. The van der Waals surface area contributed by atoms with Crippen molar-refractivity contribution in [3.05, 3.63) is 0 Å². The highest BCUT2D eigenvalue weighted by Crippen LogP contribution is 2.27. The topological polar surface area (TPSA) is 27.7 Å². The molecule has 2 unspecified atom stereocenters. The van der Waals surface area contributed by atoms with Gasteiger partial charge in [0.05, 0.1) is 6.10 Å². The van der Waals surface area contributed by atoms with Crippen LogP contribution >= 0.6 is 11.8 Å². The van der Waals surface area contributed by atoms with Crippen LogP contribution in [-0.2, 0) is 14.2 Å². The predicted molar refractivity (Wildman–Crippen MR) is 67.9 cm³/mol. The maximum atomic E-state index is 5.53. The lowest BCUT2D eigenvalue weighted by Gasteiger charge is -2.18. The van der Waals surface area contributed by atoms with E-state index in [9.17, 15) is 0 Å². The molecule has 0 spiro atoms. The highest BCUT2D eigenvalue weighted by atomic mass is 32.2. The predicted octanol–water partition coefficient (Wildman–Crippen LogP) is 2.69. The number of ether oxygens (including phenoxy) is 3. The quantitative estimate of drug-likeness (QED) is 0.617. The first-order valence-electron chi connectivity index (χ1n) is 6.24. The third kappa shape index (κ3) is 5.04. The summed E-state index contributed by atoms with van der Waals surface area (Å²) in [5.74, 6) is 1.09. The first-order chi connectivity index (χ1) is 7.77.